The van der Waals surface area contributed by atoms with Crippen LogP contribution in [0.4, 0.5) is 0 Å². The fourth-order valence-electron chi connectivity index (χ4n) is 2.84. The average Bonchev–Trinajstić information content (AvgIpc) is 2.96. The number of Topliss-reactive ketones (excluding diaryl/α,β-unsaturated/α-hetero) is 1. The molecule has 0 spiro atoms. The second-order valence-corrected chi connectivity index (χ2v) is 6.50. The largest absolute Gasteiger partial charge is 0.481 e. The van der Waals surface area contributed by atoms with Gasteiger partial charge in [0.15, 0.2) is 0 Å². The molecular weight excluding hydrogens is 272 g/mol. The summed E-state index contributed by atoms with van der Waals surface area (Å²) in [6, 6.07) is 7.45. The molecular formula is C13H11ClO3S. The second kappa shape index (κ2) is 4.28. The quantitative estimate of drug-likeness (QED) is 0.926. The topological polar surface area (TPSA) is 54.4 Å². The van der Waals surface area contributed by atoms with Crippen LogP contribution in [-0.4, -0.2) is 22.1 Å². The first-order valence-electron chi connectivity index (χ1n) is 5.75. The molecule has 0 aliphatic heterocycles. The van der Waals surface area contributed by atoms with E-state index >= 15 is 0 Å². The molecule has 0 aromatic heterocycles. The Labute approximate surface area is 114 Å². The molecule has 1 N–H and O–H groups in total. The van der Waals surface area contributed by atoms with E-state index < -0.39 is 11.9 Å². The molecule has 0 radical (unpaired) electrons. The second-order valence-electron chi connectivity index (χ2n) is 4.75. The maximum atomic E-state index is 11.7. The van der Waals surface area contributed by atoms with Gasteiger partial charge in [-0.15, -0.1) is 11.8 Å². The average molecular weight is 283 g/mol. The minimum atomic E-state index is -0.838. The summed E-state index contributed by atoms with van der Waals surface area (Å²) in [6.07, 6.45) is 0.482. The van der Waals surface area contributed by atoms with Gasteiger partial charge in [-0.25, -0.2) is 0 Å². The first kappa shape index (κ1) is 12.1. The predicted molar refractivity (Wildman–Crippen MR) is 68.8 cm³/mol. The number of carbonyl (C=O) groups excluding carboxylic acids is 1. The van der Waals surface area contributed by atoms with Gasteiger partial charge in [0.25, 0.3) is 0 Å². The van der Waals surface area contributed by atoms with Gasteiger partial charge < -0.3 is 5.11 Å². The number of carboxylic acid groups (broad SMARTS) is 1. The SMILES string of the molecule is O=C(O)C1C2C(=O)CC(Sc3cccc(Cl)c3)C12. The van der Waals surface area contributed by atoms with E-state index in [0.29, 0.717) is 11.4 Å². The van der Waals surface area contributed by atoms with Gasteiger partial charge in [0, 0.05) is 27.5 Å². The lowest BCUT2D eigenvalue weighted by Gasteiger charge is -2.12. The number of aliphatic carboxylic acids is 1. The van der Waals surface area contributed by atoms with Crippen LogP contribution in [0.5, 0.6) is 0 Å². The Morgan fingerprint density at radius 2 is 2.22 bits per heavy atom. The number of rotatable bonds is 3. The van der Waals surface area contributed by atoms with Gasteiger partial charge in [-0.3, -0.25) is 9.59 Å². The smallest absolute Gasteiger partial charge is 0.307 e. The minimum absolute atomic E-state index is 0.0129. The molecule has 4 atom stereocenters. The van der Waals surface area contributed by atoms with E-state index in [2.05, 4.69) is 0 Å². The van der Waals surface area contributed by atoms with Gasteiger partial charge in [0.05, 0.1) is 5.92 Å². The van der Waals surface area contributed by atoms with Crippen molar-refractivity contribution in [3.05, 3.63) is 29.3 Å². The maximum absolute atomic E-state index is 11.7. The molecule has 2 aliphatic carbocycles. The Bertz CT molecular complexity index is 527. The third kappa shape index (κ3) is 1.93. The Morgan fingerprint density at radius 3 is 2.83 bits per heavy atom. The van der Waals surface area contributed by atoms with E-state index in [1.807, 2.05) is 18.2 Å². The molecule has 0 amide bonds. The van der Waals surface area contributed by atoms with Crippen LogP contribution in [0, 0.1) is 17.8 Å². The molecule has 2 saturated carbocycles. The number of benzene rings is 1. The van der Waals surface area contributed by atoms with Crippen molar-refractivity contribution in [2.24, 2.45) is 17.8 Å². The van der Waals surface area contributed by atoms with Gasteiger partial charge in [0.1, 0.15) is 5.78 Å². The zero-order valence-electron chi connectivity index (χ0n) is 9.38. The minimum Gasteiger partial charge on any atom is -0.481 e. The van der Waals surface area contributed by atoms with E-state index in [1.54, 1.807) is 17.8 Å². The highest BCUT2D eigenvalue weighted by atomic mass is 35.5. The highest BCUT2D eigenvalue weighted by Gasteiger charge is 2.66. The summed E-state index contributed by atoms with van der Waals surface area (Å²) < 4.78 is 0. The lowest BCUT2D eigenvalue weighted by molar-refractivity contribution is -0.140. The third-order valence-electron chi connectivity index (χ3n) is 3.65. The van der Waals surface area contributed by atoms with Crippen LogP contribution in [0.25, 0.3) is 0 Å². The summed E-state index contributed by atoms with van der Waals surface area (Å²) in [5, 5.41) is 9.77. The van der Waals surface area contributed by atoms with Gasteiger partial charge in [0.2, 0.25) is 0 Å². The molecule has 4 unspecified atom stereocenters. The Morgan fingerprint density at radius 1 is 1.44 bits per heavy atom. The van der Waals surface area contributed by atoms with Crippen LogP contribution in [0.15, 0.2) is 29.2 Å². The number of carbonyl (C=O) groups is 2. The standard InChI is InChI=1S/C13H11ClO3S/c14-6-2-1-3-7(4-6)18-9-5-8(15)10-11(9)12(10)13(16)17/h1-4,9-12H,5H2,(H,16,17). The highest BCUT2D eigenvalue weighted by molar-refractivity contribution is 8.00. The summed E-state index contributed by atoms with van der Waals surface area (Å²) in [5.74, 6) is -1.41. The van der Waals surface area contributed by atoms with E-state index in [0.717, 1.165) is 4.90 Å². The molecule has 1 aromatic rings. The first-order valence-corrected chi connectivity index (χ1v) is 7.01. The lowest BCUT2D eigenvalue weighted by Crippen LogP contribution is -2.14. The van der Waals surface area contributed by atoms with E-state index in [4.69, 9.17) is 16.7 Å². The van der Waals surface area contributed by atoms with Gasteiger partial charge in [-0.05, 0) is 24.1 Å². The Kier molecular flexibility index (Phi) is 2.87. The summed E-state index contributed by atoms with van der Waals surface area (Å²) in [4.78, 5) is 23.7. The number of hydrogen-bond acceptors (Lipinski definition) is 3. The zero-order chi connectivity index (χ0) is 12.9. The van der Waals surface area contributed by atoms with Crippen molar-refractivity contribution in [2.75, 3.05) is 0 Å². The summed E-state index contributed by atoms with van der Waals surface area (Å²) in [6.45, 7) is 0. The fourth-order valence-corrected chi connectivity index (χ4v) is 4.54. The number of thioether (sulfide) groups is 1. The molecule has 2 aliphatic rings. The first-order chi connectivity index (χ1) is 8.58. The van der Waals surface area contributed by atoms with Crippen LogP contribution >= 0.6 is 23.4 Å². The van der Waals surface area contributed by atoms with Crippen molar-refractivity contribution in [2.45, 2.75) is 16.6 Å². The number of hydrogen-bond donors (Lipinski definition) is 1. The van der Waals surface area contributed by atoms with Crippen molar-refractivity contribution in [3.8, 4) is 0 Å². The highest BCUT2D eigenvalue weighted by Crippen LogP contribution is 2.60. The van der Waals surface area contributed by atoms with Crippen LogP contribution in [0.2, 0.25) is 5.02 Å². The number of ketones is 1. The van der Waals surface area contributed by atoms with Crippen LogP contribution in [-0.2, 0) is 9.59 Å². The molecule has 0 bridgehead atoms. The van der Waals surface area contributed by atoms with Crippen LogP contribution < -0.4 is 0 Å². The van der Waals surface area contributed by atoms with E-state index in [9.17, 15) is 9.59 Å². The van der Waals surface area contributed by atoms with Crippen molar-refractivity contribution in [1.82, 2.24) is 0 Å². The molecule has 2 fully saturated rings. The predicted octanol–water partition coefficient (Wildman–Crippen LogP) is 2.72. The van der Waals surface area contributed by atoms with Crippen molar-refractivity contribution in [1.29, 1.82) is 0 Å². The Hall–Kier alpha value is -1.00. The van der Waals surface area contributed by atoms with E-state index in [1.165, 1.54) is 0 Å². The van der Waals surface area contributed by atoms with Gasteiger partial charge >= 0.3 is 5.97 Å². The molecule has 3 nitrogen and oxygen atoms in total. The number of carboxylic acids is 1. The molecule has 0 saturated heterocycles. The summed E-state index contributed by atoms with van der Waals surface area (Å²) in [7, 11) is 0. The summed E-state index contributed by atoms with van der Waals surface area (Å²) >= 11 is 7.48. The van der Waals surface area contributed by atoms with Crippen molar-refractivity contribution >= 4 is 35.1 Å². The molecule has 94 valence electrons. The van der Waals surface area contributed by atoms with Crippen LogP contribution in [0.3, 0.4) is 0 Å². The van der Waals surface area contributed by atoms with Crippen molar-refractivity contribution in [3.63, 3.8) is 0 Å². The van der Waals surface area contributed by atoms with Gasteiger partial charge in [-0.1, -0.05) is 17.7 Å². The zero-order valence-corrected chi connectivity index (χ0v) is 10.9. The van der Waals surface area contributed by atoms with Crippen LogP contribution in [0.1, 0.15) is 6.42 Å². The molecule has 18 heavy (non-hydrogen) atoms. The van der Waals surface area contributed by atoms with Crippen molar-refractivity contribution < 1.29 is 14.7 Å². The lowest BCUT2D eigenvalue weighted by atomic mass is 10.1. The molecule has 0 heterocycles. The normalized spacial score (nSPS) is 33.3. The third-order valence-corrected chi connectivity index (χ3v) is 5.19. The molecule has 1 aromatic carbocycles. The maximum Gasteiger partial charge on any atom is 0.307 e. The number of halogens is 1. The van der Waals surface area contributed by atoms with Gasteiger partial charge in [-0.2, -0.15) is 0 Å². The number of fused-ring (bicyclic) bond motifs is 1. The molecule has 5 heteroatoms. The fraction of sp³-hybridized carbons (Fsp3) is 0.385. The van der Waals surface area contributed by atoms with E-state index in [-0.39, 0.29) is 22.9 Å². The monoisotopic (exact) mass is 282 g/mol. The molecule has 3 rings (SSSR count). The summed E-state index contributed by atoms with van der Waals surface area (Å²) in [5.41, 5.74) is 0. The Balaban J connectivity index is 1.75.